The van der Waals surface area contributed by atoms with Crippen LogP contribution in [0.15, 0.2) is 30.6 Å². The lowest BCUT2D eigenvalue weighted by Gasteiger charge is -2.01. The van der Waals surface area contributed by atoms with Gasteiger partial charge in [0.1, 0.15) is 0 Å². The van der Waals surface area contributed by atoms with Crippen LogP contribution in [0.25, 0.3) is 10.8 Å². The molecular formula is C9H10N4. The molecule has 0 amide bonds. The first-order valence-electron chi connectivity index (χ1n) is 4.03. The average molecular weight is 174 g/mol. The van der Waals surface area contributed by atoms with Crippen LogP contribution in [0.4, 0.5) is 0 Å². The number of fused-ring (bicyclic) bond motifs is 1. The van der Waals surface area contributed by atoms with Crippen LogP contribution in [0.1, 0.15) is 5.56 Å². The normalized spacial score (nSPS) is 10.5. The first-order chi connectivity index (χ1) is 6.40. The molecule has 4 nitrogen and oxygen atoms in total. The van der Waals surface area contributed by atoms with E-state index in [2.05, 4.69) is 15.6 Å². The zero-order chi connectivity index (χ0) is 9.10. The van der Waals surface area contributed by atoms with E-state index in [-0.39, 0.29) is 0 Å². The number of nitrogens with two attached hydrogens (primary N) is 1. The van der Waals surface area contributed by atoms with Crippen LogP contribution < -0.4 is 11.3 Å². The van der Waals surface area contributed by atoms with Crippen LogP contribution in [-0.2, 0) is 6.54 Å². The Bertz CT molecular complexity index is 413. The van der Waals surface area contributed by atoms with E-state index in [1.807, 2.05) is 18.2 Å². The maximum atomic E-state index is 5.23. The highest BCUT2D eigenvalue weighted by molar-refractivity contribution is 5.81. The molecule has 3 N–H and O–H groups in total. The number of nitrogens with zero attached hydrogens (tertiary/aromatic N) is 2. The summed E-state index contributed by atoms with van der Waals surface area (Å²) in [6, 6.07) is 6.07. The summed E-state index contributed by atoms with van der Waals surface area (Å²) in [6.07, 6.45) is 3.49. The summed E-state index contributed by atoms with van der Waals surface area (Å²) in [7, 11) is 0. The molecule has 0 fully saturated rings. The van der Waals surface area contributed by atoms with E-state index in [0.29, 0.717) is 6.54 Å². The molecule has 0 aliphatic carbocycles. The van der Waals surface area contributed by atoms with Crippen molar-refractivity contribution in [1.29, 1.82) is 0 Å². The minimum Gasteiger partial charge on any atom is -0.271 e. The summed E-state index contributed by atoms with van der Waals surface area (Å²) in [6.45, 7) is 0.665. The molecular weight excluding hydrogens is 164 g/mol. The molecule has 4 heteroatoms. The van der Waals surface area contributed by atoms with Crippen molar-refractivity contribution in [2.45, 2.75) is 6.54 Å². The minimum atomic E-state index is 0.665. The number of hydrogen-bond acceptors (Lipinski definition) is 4. The average Bonchev–Trinajstić information content (AvgIpc) is 2.18. The molecule has 1 aromatic heterocycles. The summed E-state index contributed by atoms with van der Waals surface area (Å²) in [5.74, 6) is 5.23. The van der Waals surface area contributed by atoms with Crippen LogP contribution >= 0.6 is 0 Å². The molecule has 0 atom stereocenters. The SMILES string of the molecule is NNCc1ccc2cnncc2c1. The predicted octanol–water partition coefficient (Wildman–Crippen LogP) is 0.593. The van der Waals surface area contributed by atoms with Gasteiger partial charge in [-0.15, -0.1) is 0 Å². The third kappa shape index (κ3) is 1.63. The van der Waals surface area contributed by atoms with Crippen LogP contribution in [0.5, 0.6) is 0 Å². The van der Waals surface area contributed by atoms with Crippen LogP contribution in [0, 0.1) is 0 Å². The zero-order valence-electron chi connectivity index (χ0n) is 7.07. The van der Waals surface area contributed by atoms with Gasteiger partial charge in [0, 0.05) is 17.3 Å². The van der Waals surface area contributed by atoms with Gasteiger partial charge in [-0.05, 0) is 11.6 Å². The van der Waals surface area contributed by atoms with Crippen LogP contribution in [0.2, 0.25) is 0 Å². The molecule has 0 aliphatic rings. The maximum Gasteiger partial charge on any atom is 0.0574 e. The van der Waals surface area contributed by atoms with Crippen molar-refractivity contribution in [2.75, 3.05) is 0 Å². The Kier molecular flexibility index (Phi) is 2.16. The van der Waals surface area contributed by atoms with E-state index >= 15 is 0 Å². The van der Waals surface area contributed by atoms with E-state index in [1.54, 1.807) is 12.4 Å². The van der Waals surface area contributed by atoms with Gasteiger partial charge in [-0.2, -0.15) is 10.2 Å². The molecule has 0 saturated carbocycles. The fourth-order valence-corrected chi connectivity index (χ4v) is 1.27. The number of nitrogens with one attached hydrogen (secondary N) is 1. The Morgan fingerprint density at radius 2 is 1.92 bits per heavy atom. The number of hydrazine groups is 1. The first kappa shape index (κ1) is 8.10. The minimum absolute atomic E-state index is 0.665. The second kappa shape index (κ2) is 3.47. The lowest BCUT2D eigenvalue weighted by molar-refractivity contribution is 0.742. The van der Waals surface area contributed by atoms with Crippen molar-refractivity contribution in [2.24, 2.45) is 5.84 Å². The van der Waals surface area contributed by atoms with Crippen molar-refractivity contribution >= 4 is 10.8 Å². The summed E-state index contributed by atoms with van der Waals surface area (Å²) < 4.78 is 0. The molecule has 0 aliphatic heterocycles. The zero-order valence-corrected chi connectivity index (χ0v) is 7.07. The van der Waals surface area contributed by atoms with Gasteiger partial charge in [0.2, 0.25) is 0 Å². The molecule has 2 rings (SSSR count). The standard InChI is InChI=1S/C9H10N4/c10-11-4-7-1-2-8-5-12-13-6-9(8)3-7/h1-3,5-6,11H,4,10H2. The number of rotatable bonds is 2. The Morgan fingerprint density at radius 1 is 1.15 bits per heavy atom. The summed E-state index contributed by atoms with van der Waals surface area (Å²) in [4.78, 5) is 0. The Morgan fingerprint density at radius 3 is 2.69 bits per heavy atom. The predicted molar refractivity (Wildman–Crippen MR) is 50.6 cm³/mol. The summed E-state index contributed by atoms with van der Waals surface area (Å²) >= 11 is 0. The van der Waals surface area contributed by atoms with Gasteiger partial charge in [0.25, 0.3) is 0 Å². The van der Waals surface area contributed by atoms with Gasteiger partial charge >= 0.3 is 0 Å². The monoisotopic (exact) mass is 174 g/mol. The smallest absolute Gasteiger partial charge is 0.0574 e. The lowest BCUT2D eigenvalue weighted by atomic mass is 10.1. The van der Waals surface area contributed by atoms with Crippen molar-refractivity contribution in [1.82, 2.24) is 15.6 Å². The molecule has 13 heavy (non-hydrogen) atoms. The van der Waals surface area contributed by atoms with E-state index < -0.39 is 0 Å². The third-order valence-corrected chi connectivity index (χ3v) is 1.92. The summed E-state index contributed by atoms with van der Waals surface area (Å²) in [5, 5.41) is 9.79. The topological polar surface area (TPSA) is 63.8 Å². The number of aromatic nitrogens is 2. The second-order valence-corrected chi connectivity index (χ2v) is 2.83. The molecule has 0 spiro atoms. The maximum absolute atomic E-state index is 5.23. The van der Waals surface area contributed by atoms with Crippen LogP contribution in [0.3, 0.4) is 0 Å². The second-order valence-electron chi connectivity index (χ2n) is 2.83. The van der Waals surface area contributed by atoms with Crippen molar-refractivity contribution in [3.05, 3.63) is 36.2 Å². The Balaban J connectivity index is 2.49. The molecule has 1 heterocycles. The van der Waals surface area contributed by atoms with Gasteiger partial charge in [0.15, 0.2) is 0 Å². The Hall–Kier alpha value is -1.52. The van der Waals surface area contributed by atoms with Gasteiger partial charge < -0.3 is 0 Å². The van der Waals surface area contributed by atoms with Crippen molar-refractivity contribution in [3.8, 4) is 0 Å². The highest BCUT2D eigenvalue weighted by Crippen LogP contribution is 2.12. The molecule has 66 valence electrons. The molecule has 0 saturated heterocycles. The van der Waals surface area contributed by atoms with Crippen LogP contribution in [-0.4, -0.2) is 10.2 Å². The number of hydrogen-bond donors (Lipinski definition) is 2. The fraction of sp³-hybridized carbons (Fsp3) is 0.111. The van der Waals surface area contributed by atoms with Gasteiger partial charge in [-0.25, -0.2) is 0 Å². The highest BCUT2D eigenvalue weighted by atomic mass is 15.2. The number of benzene rings is 1. The highest BCUT2D eigenvalue weighted by Gasteiger charge is 1.95. The molecule has 1 aromatic carbocycles. The van der Waals surface area contributed by atoms with Gasteiger partial charge in [0.05, 0.1) is 12.4 Å². The first-order valence-corrected chi connectivity index (χ1v) is 4.03. The largest absolute Gasteiger partial charge is 0.271 e. The summed E-state index contributed by atoms with van der Waals surface area (Å²) in [5.41, 5.74) is 3.75. The lowest BCUT2D eigenvalue weighted by Crippen LogP contribution is -2.20. The molecule has 0 radical (unpaired) electrons. The van der Waals surface area contributed by atoms with Crippen molar-refractivity contribution < 1.29 is 0 Å². The molecule has 2 aromatic rings. The molecule has 0 bridgehead atoms. The quantitative estimate of drug-likeness (QED) is 0.516. The van der Waals surface area contributed by atoms with Gasteiger partial charge in [-0.3, -0.25) is 11.3 Å². The third-order valence-electron chi connectivity index (χ3n) is 1.92. The molecule has 0 unspecified atom stereocenters. The van der Waals surface area contributed by atoms with E-state index in [4.69, 9.17) is 5.84 Å². The van der Waals surface area contributed by atoms with E-state index in [1.165, 1.54) is 0 Å². The van der Waals surface area contributed by atoms with Gasteiger partial charge in [-0.1, -0.05) is 12.1 Å². The van der Waals surface area contributed by atoms with E-state index in [9.17, 15) is 0 Å². The fourth-order valence-electron chi connectivity index (χ4n) is 1.27. The van der Waals surface area contributed by atoms with E-state index in [0.717, 1.165) is 16.3 Å². The van der Waals surface area contributed by atoms with Crippen molar-refractivity contribution in [3.63, 3.8) is 0 Å². The Labute approximate surface area is 75.7 Å².